The molecule has 114 valence electrons. The maximum Gasteiger partial charge on any atom is 0.145 e. The highest BCUT2D eigenvalue weighted by Gasteiger charge is 2.32. The molecule has 2 aromatic rings. The smallest absolute Gasteiger partial charge is 0.145 e. The Morgan fingerprint density at radius 2 is 2.09 bits per heavy atom. The number of fused-ring (bicyclic) bond motifs is 1. The van der Waals surface area contributed by atoms with Gasteiger partial charge in [-0.15, -0.1) is 0 Å². The first-order chi connectivity index (χ1) is 10.8. The maximum absolute atomic E-state index is 9.10. The Bertz CT molecular complexity index is 681. The number of aromatic nitrogens is 2. The lowest BCUT2D eigenvalue weighted by Crippen LogP contribution is -2.38. The molecule has 1 fully saturated rings. The maximum atomic E-state index is 9.10. The van der Waals surface area contributed by atoms with Crippen molar-refractivity contribution in [2.45, 2.75) is 25.0 Å². The molecule has 0 radical (unpaired) electrons. The van der Waals surface area contributed by atoms with Gasteiger partial charge in [-0.3, -0.25) is 10.4 Å². The fourth-order valence-corrected chi connectivity index (χ4v) is 2.64. The summed E-state index contributed by atoms with van der Waals surface area (Å²) in [5.74, 6) is 0.574. The van der Waals surface area contributed by atoms with Crippen molar-refractivity contribution in [3.05, 3.63) is 30.5 Å². The van der Waals surface area contributed by atoms with Gasteiger partial charge in [0.25, 0.3) is 0 Å². The Morgan fingerprint density at radius 3 is 2.91 bits per heavy atom. The van der Waals surface area contributed by atoms with Crippen molar-refractivity contribution in [2.75, 3.05) is 11.9 Å². The molecule has 1 aromatic carbocycles. The quantitative estimate of drug-likeness (QED) is 0.602. The number of hydrogen-bond acceptors (Lipinski definition) is 7. The third-order valence-electron chi connectivity index (χ3n) is 3.85. The second-order valence-electron chi connectivity index (χ2n) is 5.39. The predicted octanol–water partition coefficient (Wildman–Crippen LogP) is 0.723. The molecule has 7 heteroatoms. The number of hydrogen-bond donors (Lipinski definition) is 4. The van der Waals surface area contributed by atoms with Crippen LogP contribution in [-0.2, 0) is 0 Å². The van der Waals surface area contributed by atoms with Gasteiger partial charge in [0, 0.05) is 12.6 Å². The summed E-state index contributed by atoms with van der Waals surface area (Å²) in [4.78, 5) is 8.88. The number of benzene rings is 1. The van der Waals surface area contributed by atoms with Crippen LogP contribution in [0, 0.1) is 17.2 Å². The van der Waals surface area contributed by atoms with Crippen LogP contribution >= 0.6 is 0 Å². The normalized spacial score (nSPS) is 24.3. The lowest BCUT2D eigenvalue weighted by atomic mass is 9.97. The number of nitriles is 1. The molecule has 2 heterocycles. The predicted molar refractivity (Wildman–Crippen MR) is 84.4 cm³/mol. The zero-order valence-electron chi connectivity index (χ0n) is 12.2. The highest BCUT2D eigenvalue weighted by molar-refractivity contribution is 5.75. The first-order valence-electron chi connectivity index (χ1n) is 7.40. The number of rotatable bonds is 5. The highest BCUT2D eigenvalue weighted by Crippen LogP contribution is 2.16. The summed E-state index contributed by atoms with van der Waals surface area (Å²) >= 11 is 0. The Kier molecular flexibility index (Phi) is 4.44. The van der Waals surface area contributed by atoms with Gasteiger partial charge >= 0.3 is 0 Å². The minimum atomic E-state index is -0.297. The van der Waals surface area contributed by atoms with Crippen LogP contribution in [0.2, 0.25) is 0 Å². The topological polar surface area (TPSA) is 112 Å². The van der Waals surface area contributed by atoms with E-state index in [-0.39, 0.29) is 18.1 Å². The lowest BCUT2D eigenvalue weighted by molar-refractivity contribution is 0.468. The summed E-state index contributed by atoms with van der Waals surface area (Å²) in [5.41, 5.74) is 13.6. The van der Waals surface area contributed by atoms with E-state index in [2.05, 4.69) is 32.2 Å². The Hall–Kier alpha value is -2.27. The van der Waals surface area contributed by atoms with E-state index >= 15 is 0 Å². The van der Waals surface area contributed by atoms with Crippen LogP contribution in [0.3, 0.4) is 0 Å². The molecule has 0 saturated carbocycles. The molecule has 1 aromatic heterocycles. The molecule has 22 heavy (non-hydrogen) atoms. The fourth-order valence-electron chi connectivity index (χ4n) is 2.64. The van der Waals surface area contributed by atoms with Crippen molar-refractivity contribution in [1.29, 1.82) is 5.26 Å². The minimum Gasteiger partial charge on any atom is -0.369 e. The largest absolute Gasteiger partial charge is 0.369 e. The SMILES string of the molecule is N#CC1C(N)NNC1CCCNc1cnc2ccccc2n1. The zero-order chi connectivity index (χ0) is 15.4. The second-order valence-corrected chi connectivity index (χ2v) is 5.39. The van der Waals surface area contributed by atoms with Crippen LogP contribution in [-0.4, -0.2) is 28.7 Å². The van der Waals surface area contributed by atoms with E-state index in [0.717, 1.165) is 36.2 Å². The van der Waals surface area contributed by atoms with Crippen LogP contribution in [0.4, 0.5) is 5.82 Å². The summed E-state index contributed by atoms with van der Waals surface area (Å²) in [5, 5.41) is 12.4. The molecule has 3 rings (SSSR count). The molecule has 7 nitrogen and oxygen atoms in total. The lowest BCUT2D eigenvalue weighted by Gasteiger charge is -2.13. The van der Waals surface area contributed by atoms with E-state index in [1.165, 1.54) is 0 Å². The van der Waals surface area contributed by atoms with Gasteiger partial charge in [-0.05, 0) is 25.0 Å². The molecular formula is C15H19N7. The number of para-hydroxylation sites is 2. The van der Waals surface area contributed by atoms with E-state index in [0.29, 0.717) is 0 Å². The molecule has 5 N–H and O–H groups in total. The van der Waals surface area contributed by atoms with Gasteiger partial charge in [0.2, 0.25) is 0 Å². The summed E-state index contributed by atoms with van der Waals surface area (Å²) in [6, 6.07) is 10.1. The molecule has 0 spiro atoms. The van der Waals surface area contributed by atoms with Crippen LogP contribution < -0.4 is 21.9 Å². The summed E-state index contributed by atoms with van der Waals surface area (Å²) < 4.78 is 0. The molecule has 0 amide bonds. The third kappa shape index (κ3) is 3.14. The van der Waals surface area contributed by atoms with Gasteiger partial charge < -0.3 is 11.1 Å². The molecular weight excluding hydrogens is 278 g/mol. The zero-order valence-corrected chi connectivity index (χ0v) is 12.2. The van der Waals surface area contributed by atoms with E-state index in [1.807, 2.05) is 24.3 Å². The van der Waals surface area contributed by atoms with Crippen molar-refractivity contribution in [1.82, 2.24) is 20.8 Å². The Labute approximate surface area is 128 Å². The molecule has 3 unspecified atom stereocenters. The molecule has 0 aliphatic carbocycles. The number of nitrogens with two attached hydrogens (primary N) is 1. The standard InChI is InChI=1S/C15H19N7/c16-8-10-11(21-22-15(10)17)6-3-7-18-14-9-19-12-4-1-2-5-13(12)20-14/h1-2,4-5,9-11,15,21-22H,3,6-7,17H2,(H,18,20). The monoisotopic (exact) mass is 297 g/mol. The molecule has 3 atom stereocenters. The average molecular weight is 297 g/mol. The van der Waals surface area contributed by atoms with Crippen molar-refractivity contribution < 1.29 is 0 Å². The summed E-state index contributed by atoms with van der Waals surface area (Å²) in [6.07, 6.45) is 3.23. The van der Waals surface area contributed by atoms with Crippen molar-refractivity contribution >= 4 is 16.9 Å². The van der Waals surface area contributed by atoms with Gasteiger partial charge in [-0.2, -0.15) is 5.26 Å². The van der Waals surface area contributed by atoms with E-state index in [4.69, 9.17) is 11.0 Å². The average Bonchev–Trinajstić information content (AvgIpc) is 2.91. The highest BCUT2D eigenvalue weighted by atomic mass is 15.4. The molecule has 1 saturated heterocycles. The van der Waals surface area contributed by atoms with Gasteiger partial charge in [0.05, 0.1) is 35.4 Å². The van der Waals surface area contributed by atoms with Crippen molar-refractivity contribution in [3.8, 4) is 6.07 Å². The van der Waals surface area contributed by atoms with E-state index < -0.39 is 0 Å². The fraction of sp³-hybridized carbons (Fsp3) is 0.400. The third-order valence-corrected chi connectivity index (χ3v) is 3.85. The summed E-state index contributed by atoms with van der Waals surface area (Å²) in [6.45, 7) is 0.776. The number of hydrazine groups is 1. The van der Waals surface area contributed by atoms with Crippen LogP contribution in [0.15, 0.2) is 30.5 Å². The number of nitrogens with one attached hydrogen (secondary N) is 3. The van der Waals surface area contributed by atoms with Crippen LogP contribution in [0.1, 0.15) is 12.8 Å². The molecule has 1 aliphatic rings. The molecule has 0 bridgehead atoms. The van der Waals surface area contributed by atoms with Gasteiger partial charge in [0.15, 0.2) is 0 Å². The van der Waals surface area contributed by atoms with Crippen molar-refractivity contribution in [3.63, 3.8) is 0 Å². The first-order valence-corrected chi connectivity index (χ1v) is 7.40. The van der Waals surface area contributed by atoms with Crippen LogP contribution in [0.5, 0.6) is 0 Å². The Morgan fingerprint density at radius 1 is 1.27 bits per heavy atom. The van der Waals surface area contributed by atoms with Gasteiger partial charge in [-0.25, -0.2) is 10.4 Å². The summed E-state index contributed by atoms with van der Waals surface area (Å²) in [7, 11) is 0. The molecule has 1 aliphatic heterocycles. The van der Waals surface area contributed by atoms with Gasteiger partial charge in [-0.1, -0.05) is 12.1 Å². The first kappa shape index (κ1) is 14.7. The second kappa shape index (κ2) is 6.66. The van der Waals surface area contributed by atoms with E-state index in [9.17, 15) is 0 Å². The van der Waals surface area contributed by atoms with Crippen molar-refractivity contribution in [2.24, 2.45) is 11.7 Å². The van der Waals surface area contributed by atoms with Gasteiger partial charge in [0.1, 0.15) is 5.82 Å². The minimum absolute atomic E-state index is 0.0875. The van der Waals surface area contributed by atoms with E-state index in [1.54, 1.807) is 6.20 Å². The number of nitrogens with zero attached hydrogens (tertiary/aromatic N) is 3. The number of anilines is 1. The Balaban J connectivity index is 1.49. The van der Waals surface area contributed by atoms with Crippen LogP contribution in [0.25, 0.3) is 11.0 Å².